The van der Waals surface area contributed by atoms with Crippen LogP contribution in [0.1, 0.15) is 31.4 Å². The number of piperidine rings is 1. The summed E-state index contributed by atoms with van der Waals surface area (Å²) in [6, 6.07) is 6.22. The Bertz CT molecular complexity index is 667. The first-order chi connectivity index (χ1) is 11.3. The van der Waals surface area contributed by atoms with E-state index in [9.17, 15) is 13.2 Å². The average Bonchev–Trinajstić information content (AvgIpc) is 2.62. The van der Waals surface area contributed by atoms with Crippen LogP contribution in [0.15, 0.2) is 29.2 Å². The van der Waals surface area contributed by atoms with Crippen LogP contribution in [0.5, 0.6) is 0 Å². The Morgan fingerprint density at radius 1 is 1.25 bits per heavy atom. The predicted octanol–water partition coefficient (Wildman–Crippen LogP) is 0.541. The zero-order chi connectivity index (χ0) is 17.8. The summed E-state index contributed by atoms with van der Waals surface area (Å²) >= 11 is 0. The Morgan fingerprint density at radius 3 is 2.33 bits per heavy atom. The van der Waals surface area contributed by atoms with E-state index in [2.05, 4.69) is 15.4 Å². The number of hydrogen-bond donors (Lipinski definition) is 3. The molecule has 1 aromatic carbocycles. The van der Waals surface area contributed by atoms with Gasteiger partial charge in [-0.05, 0) is 57.6 Å². The lowest BCUT2D eigenvalue weighted by Crippen LogP contribution is -2.54. The second kappa shape index (κ2) is 7.60. The van der Waals surface area contributed by atoms with E-state index in [4.69, 9.17) is 4.74 Å². The highest BCUT2D eigenvalue weighted by atomic mass is 32.2. The molecule has 2 rings (SSSR count). The van der Waals surface area contributed by atoms with Gasteiger partial charge in [-0.3, -0.25) is 4.79 Å². The number of hydrogen-bond acceptors (Lipinski definition) is 5. The van der Waals surface area contributed by atoms with Gasteiger partial charge < -0.3 is 15.4 Å². The molecule has 1 aliphatic rings. The standard InChI is InChI=1S/C16H25N3O4S/c1-12(13-4-6-14(7-5-13)24(21,22)17-2)19-15(20)16(23-3)8-10-18-11-9-16/h4-7,12,17-18H,8-11H2,1-3H3,(H,19,20). The summed E-state index contributed by atoms with van der Waals surface area (Å²) in [5.74, 6) is -0.133. The number of ether oxygens (including phenoxy) is 1. The Labute approximate surface area is 143 Å². The van der Waals surface area contributed by atoms with E-state index in [1.165, 1.54) is 19.2 Å². The van der Waals surface area contributed by atoms with Crippen LogP contribution in [-0.2, 0) is 19.6 Å². The number of sulfonamides is 1. The van der Waals surface area contributed by atoms with E-state index in [-0.39, 0.29) is 16.8 Å². The maximum Gasteiger partial charge on any atom is 0.252 e. The fourth-order valence-corrected chi connectivity index (χ4v) is 3.55. The number of carbonyl (C=O) groups excluding carboxylic acids is 1. The van der Waals surface area contributed by atoms with Gasteiger partial charge in [-0.15, -0.1) is 0 Å². The number of amides is 1. The zero-order valence-electron chi connectivity index (χ0n) is 14.3. The van der Waals surface area contributed by atoms with Crippen LogP contribution >= 0.6 is 0 Å². The van der Waals surface area contributed by atoms with E-state index in [0.717, 1.165) is 18.7 Å². The van der Waals surface area contributed by atoms with E-state index in [1.54, 1.807) is 19.2 Å². The summed E-state index contributed by atoms with van der Waals surface area (Å²) in [5.41, 5.74) is 0.0353. The number of carbonyl (C=O) groups is 1. The Kier molecular flexibility index (Phi) is 5.97. The lowest BCUT2D eigenvalue weighted by Gasteiger charge is -2.35. The van der Waals surface area contributed by atoms with Crippen LogP contribution in [0.4, 0.5) is 0 Å². The molecular formula is C16H25N3O4S. The maximum absolute atomic E-state index is 12.6. The second-order valence-electron chi connectivity index (χ2n) is 5.92. The van der Waals surface area contributed by atoms with Gasteiger partial charge in [0, 0.05) is 7.11 Å². The molecule has 3 N–H and O–H groups in total. The van der Waals surface area contributed by atoms with Crippen molar-refractivity contribution in [2.45, 2.75) is 36.3 Å². The molecule has 1 atom stereocenters. The minimum Gasteiger partial charge on any atom is -0.368 e. The van der Waals surface area contributed by atoms with Crippen molar-refractivity contribution >= 4 is 15.9 Å². The molecule has 7 nitrogen and oxygen atoms in total. The van der Waals surface area contributed by atoms with Crippen molar-refractivity contribution < 1.29 is 17.9 Å². The molecule has 1 fully saturated rings. The number of rotatable bonds is 6. The van der Waals surface area contributed by atoms with Gasteiger partial charge in [-0.25, -0.2) is 13.1 Å². The largest absolute Gasteiger partial charge is 0.368 e. The molecule has 0 aromatic heterocycles. The van der Waals surface area contributed by atoms with E-state index in [1.807, 2.05) is 6.92 Å². The molecule has 1 aromatic rings. The number of benzene rings is 1. The molecule has 0 saturated carbocycles. The molecule has 0 radical (unpaired) electrons. The van der Waals surface area contributed by atoms with Gasteiger partial charge >= 0.3 is 0 Å². The summed E-state index contributed by atoms with van der Waals surface area (Å²) in [7, 11) is -0.526. The minimum atomic E-state index is -3.46. The molecule has 8 heteroatoms. The van der Waals surface area contributed by atoms with Crippen LogP contribution < -0.4 is 15.4 Å². The van der Waals surface area contributed by atoms with Crippen LogP contribution in [0, 0.1) is 0 Å². The second-order valence-corrected chi connectivity index (χ2v) is 7.81. The third-order valence-corrected chi connectivity index (χ3v) is 5.95. The van der Waals surface area contributed by atoms with E-state index >= 15 is 0 Å². The highest BCUT2D eigenvalue weighted by Gasteiger charge is 2.40. The molecule has 0 aliphatic carbocycles. The zero-order valence-corrected chi connectivity index (χ0v) is 15.1. The molecular weight excluding hydrogens is 330 g/mol. The Hall–Kier alpha value is -1.48. The van der Waals surface area contributed by atoms with Gasteiger partial charge in [-0.1, -0.05) is 12.1 Å². The first-order valence-corrected chi connectivity index (χ1v) is 9.43. The highest BCUT2D eigenvalue weighted by molar-refractivity contribution is 7.89. The average molecular weight is 355 g/mol. The summed E-state index contributed by atoms with van der Waals surface area (Å²) in [6.45, 7) is 3.35. The lowest BCUT2D eigenvalue weighted by molar-refractivity contribution is -0.147. The van der Waals surface area contributed by atoms with Crippen molar-refractivity contribution in [3.05, 3.63) is 29.8 Å². The topological polar surface area (TPSA) is 96.5 Å². The third kappa shape index (κ3) is 3.94. The van der Waals surface area contributed by atoms with Crippen molar-refractivity contribution in [1.82, 2.24) is 15.4 Å². The summed E-state index contributed by atoms with van der Waals surface area (Å²) in [6.07, 6.45) is 1.25. The van der Waals surface area contributed by atoms with E-state index in [0.29, 0.717) is 12.8 Å². The summed E-state index contributed by atoms with van der Waals surface area (Å²) in [5, 5.41) is 6.19. The van der Waals surface area contributed by atoms with Gasteiger partial charge in [0.1, 0.15) is 5.60 Å². The smallest absolute Gasteiger partial charge is 0.252 e. The molecule has 0 spiro atoms. The summed E-state index contributed by atoms with van der Waals surface area (Å²) in [4.78, 5) is 12.8. The fraction of sp³-hybridized carbons (Fsp3) is 0.562. The van der Waals surface area contributed by atoms with Crippen molar-refractivity contribution in [1.29, 1.82) is 0 Å². The fourth-order valence-electron chi connectivity index (χ4n) is 2.82. The van der Waals surface area contributed by atoms with Gasteiger partial charge in [0.2, 0.25) is 10.0 Å². The van der Waals surface area contributed by atoms with Crippen LogP contribution in [0.25, 0.3) is 0 Å². The van der Waals surface area contributed by atoms with Crippen molar-refractivity contribution in [2.24, 2.45) is 0 Å². The normalized spacial score (nSPS) is 18.8. The molecule has 24 heavy (non-hydrogen) atoms. The monoisotopic (exact) mass is 355 g/mol. The van der Waals surface area contributed by atoms with E-state index < -0.39 is 15.6 Å². The molecule has 1 aliphatic heterocycles. The number of nitrogens with one attached hydrogen (secondary N) is 3. The maximum atomic E-state index is 12.6. The minimum absolute atomic E-state index is 0.133. The Morgan fingerprint density at radius 2 is 1.83 bits per heavy atom. The molecule has 134 valence electrons. The lowest BCUT2D eigenvalue weighted by atomic mass is 9.90. The molecule has 0 bridgehead atoms. The Balaban J connectivity index is 2.09. The van der Waals surface area contributed by atoms with Gasteiger partial charge in [0.25, 0.3) is 5.91 Å². The number of methoxy groups -OCH3 is 1. The SMILES string of the molecule is CNS(=O)(=O)c1ccc(C(C)NC(=O)C2(OC)CCNCC2)cc1. The first kappa shape index (κ1) is 18.9. The molecule has 1 heterocycles. The first-order valence-electron chi connectivity index (χ1n) is 7.95. The van der Waals surface area contributed by atoms with Gasteiger partial charge in [0.15, 0.2) is 0 Å². The molecule has 1 unspecified atom stereocenters. The predicted molar refractivity (Wildman–Crippen MR) is 91.1 cm³/mol. The summed E-state index contributed by atoms with van der Waals surface area (Å²) < 4.78 is 31.3. The van der Waals surface area contributed by atoms with Crippen LogP contribution in [0.3, 0.4) is 0 Å². The van der Waals surface area contributed by atoms with Gasteiger partial charge in [0.05, 0.1) is 10.9 Å². The van der Waals surface area contributed by atoms with Crippen molar-refractivity contribution in [2.75, 3.05) is 27.2 Å². The van der Waals surface area contributed by atoms with Crippen LogP contribution in [-0.4, -0.2) is 47.2 Å². The van der Waals surface area contributed by atoms with Crippen molar-refractivity contribution in [3.63, 3.8) is 0 Å². The molecule has 1 amide bonds. The quantitative estimate of drug-likeness (QED) is 0.692. The molecule has 1 saturated heterocycles. The van der Waals surface area contributed by atoms with Gasteiger partial charge in [-0.2, -0.15) is 0 Å². The van der Waals surface area contributed by atoms with Crippen molar-refractivity contribution in [3.8, 4) is 0 Å². The third-order valence-electron chi connectivity index (χ3n) is 4.52. The van der Waals surface area contributed by atoms with Crippen LogP contribution in [0.2, 0.25) is 0 Å². The highest BCUT2D eigenvalue weighted by Crippen LogP contribution is 2.24.